The van der Waals surface area contributed by atoms with Crippen molar-refractivity contribution >= 4 is 6.09 Å². The van der Waals surface area contributed by atoms with Gasteiger partial charge in [0.05, 0.1) is 6.10 Å². The van der Waals surface area contributed by atoms with Gasteiger partial charge in [-0.05, 0) is 38.5 Å². The van der Waals surface area contributed by atoms with E-state index in [0.29, 0.717) is 5.92 Å². The van der Waals surface area contributed by atoms with Crippen LogP contribution in [0.3, 0.4) is 0 Å². The van der Waals surface area contributed by atoms with Crippen molar-refractivity contribution in [2.24, 2.45) is 5.92 Å². The Morgan fingerprint density at radius 2 is 1.92 bits per heavy atom. The number of carboxylic acid groups (broad SMARTS) is 1. The largest absolute Gasteiger partial charge is 0.465 e. The van der Waals surface area contributed by atoms with E-state index in [-0.39, 0.29) is 12.1 Å². The van der Waals surface area contributed by atoms with Gasteiger partial charge in [0.1, 0.15) is 0 Å². The number of nitrogens with one attached hydrogen (secondary N) is 1. The van der Waals surface area contributed by atoms with Crippen LogP contribution < -0.4 is 5.32 Å². The number of carbonyl (C=O) groups is 1. The molecule has 0 saturated heterocycles. The zero-order chi connectivity index (χ0) is 9.84. The van der Waals surface area contributed by atoms with E-state index in [1.807, 2.05) is 0 Å². The van der Waals surface area contributed by atoms with Crippen molar-refractivity contribution in [2.45, 2.75) is 44.8 Å². The van der Waals surface area contributed by atoms with Crippen molar-refractivity contribution < 1.29 is 15.0 Å². The number of aliphatic hydroxyl groups excluding tert-OH is 1. The second-order valence-electron chi connectivity index (χ2n) is 3.80. The fourth-order valence-corrected chi connectivity index (χ4v) is 1.92. The Morgan fingerprint density at radius 3 is 2.31 bits per heavy atom. The molecule has 1 aliphatic carbocycles. The Hall–Kier alpha value is -0.770. The lowest BCUT2D eigenvalue weighted by atomic mass is 9.83. The summed E-state index contributed by atoms with van der Waals surface area (Å²) < 4.78 is 0. The van der Waals surface area contributed by atoms with Gasteiger partial charge >= 0.3 is 6.09 Å². The standard InChI is InChI=1S/C9H17NO3/c1-6(11)7-2-4-8(5-3-7)10-9(12)13/h6-8,10-11H,2-5H2,1H3,(H,12,13)/t6?,7-,8+. The van der Waals surface area contributed by atoms with Gasteiger partial charge in [0, 0.05) is 6.04 Å². The van der Waals surface area contributed by atoms with Crippen molar-refractivity contribution in [3.8, 4) is 0 Å². The summed E-state index contributed by atoms with van der Waals surface area (Å²) in [5.74, 6) is 0.354. The van der Waals surface area contributed by atoms with Gasteiger partial charge in [-0.25, -0.2) is 4.79 Å². The van der Waals surface area contributed by atoms with Crippen LogP contribution in [0.5, 0.6) is 0 Å². The van der Waals surface area contributed by atoms with Gasteiger partial charge in [-0.15, -0.1) is 0 Å². The fourth-order valence-electron chi connectivity index (χ4n) is 1.92. The van der Waals surface area contributed by atoms with Crippen LogP contribution in [0.25, 0.3) is 0 Å². The maximum atomic E-state index is 10.3. The Balaban J connectivity index is 2.26. The molecule has 0 aromatic carbocycles. The van der Waals surface area contributed by atoms with Crippen LogP contribution in [0.1, 0.15) is 32.6 Å². The monoisotopic (exact) mass is 187 g/mol. The van der Waals surface area contributed by atoms with E-state index in [1.54, 1.807) is 6.92 Å². The van der Waals surface area contributed by atoms with Crippen molar-refractivity contribution in [2.75, 3.05) is 0 Å². The highest BCUT2D eigenvalue weighted by Crippen LogP contribution is 2.26. The number of aliphatic hydroxyl groups is 1. The molecule has 0 aromatic heterocycles. The average Bonchev–Trinajstić information content (AvgIpc) is 2.04. The summed E-state index contributed by atoms with van der Waals surface area (Å²) in [6, 6.07) is 0.0903. The molecule has 1 saturated carbocycles. The Kier molecular flexibility index (Phi) is 3.54. The van der Waals surface area contributed by atoms with Gasteiger partial charge in [0.25, 0.3) is 0 Å². The Morgan fingerprint density at radius 1 is 1.38 bits per heavy atom. The minimum atomic E-state index is -0.944. The van der Waals surface area contributed by atoms with Gasteiger partial charge < -0.3 is 15.5 Å². The van der Waals surface area contributed by atoms with Crippen LogP contribution in [0.4, 0.5) is 4.79 Å². The minimum Gasteiger partial charge on any atom is -0.465 e. The molecule has 0 bridgehead atoms. The number of hydrogen-bond acceptors (Lipinski definition) is 2. The molecular weight excluding hydrogens is 170 g/mol. The normalized spacial score (nSPS) is 30.9. The lowest BCUT2D eigenvalue weighted by Crippen LogP contribution is -2.38. The van der Waals surface area contributed by atoms with Crippen molar-refractivity contribution in [3.05, 3.63) is 0 Å². The number of hydrogen-bond donors (Lipinski definition) is 3. The molecular formula is C9H17NO3. The molecule has 0 aliphatic heterocycles. The van der Waals surface area contributed by atoms with Gasteiger partial charge in [-0.3, -0.25) is 0 Å². The van der Waals surface area contributed by atoms with E-state index >= 15 is 0 Å². The van der Waals surface area contributed by atoms with E-state index in [4.69, 9.17) is 5.11 Å². The second-order valence-corrected chi connectivity index (χ2v) is 3.80. The van der Waals surface area contributed by atoms with Crippen molar-refractivity contribution in [1.82, 2.24) is 5.32 Å². The molecule has 3 N–H and O–H groups in total. The molecule has 0 heterocycles. The first-order valence-corrected chi connectivity index (χ1v) is 4.77. The summed E-state index contributed by atoms with van der Waals surface area (Å²) >= 11 is 0. The van der Waals surface area contributed by atoms with E-state index in [1.165, 1.54) is 0 Å². The highest BCUT2D eigenvalue weighted by Gasteiger charge is 2.24. The van der Waals surface area contributed by atoms with Crippen LogP contribution in [0.15, 0.2) is 0 Å². The van der Waals surface area contributed by atoms with Crippen molar-refractivity contribution in [3.63, 3.8) is 0 Å². The second kappa shape index (κ2) is 4.46. The van der Waals surface area contributed by atoms with Crippen LogP contribution in [-0.4, -0.2) is 28.5 Å². The van der Waals surface area contributed by atoms with Gasteiger partial charge in [-0.2, -0.15) is 0 Å². The Bertz CT molecular complexity index is 174. The van der Waals surface area contributed by atoms with Gasteiger partial charge in [-0.1, -0.05) is 0 Å². The predicted octanol–water partition coefficient (Wildman–Crippen LogP) is 1.19. The van der Waals surface area contributed by atoms with Crippen molar-refractivity contribution in [1.29, 1.82) is 0 Å². The molecule has 0 spiro atoms. The van der Waals surface area contributed by atoms with Crippen LogP contribution in [0.2, 0.25) is 0 Å². The van der Waals surface area contributed by atoms with Gasteiger partial charge in [0.2, 0.25) is 0 Å². The molecule has 4 nitrogen and oxygen atoms in total. The van der Waals surface area contributed by atoms with E-state index in [2.05, 4.69) is 5.32 Å². The molecule has 1 rings (SSSR count). The molecule has 0 radical (unpaired) electrons. The zero-order valence-corrected chi connectivity index (χ0v) is 7.86. The summed E-state index contributed by atoms with van der Waals surface area (Å²) in [5, 5.41) is 20.3. The number of rotatable bonds is 2. The van der Waals surface area contributed by atoms with E-state index in [9.17, 15) is 9.90 Å². The molecule has 0 aromatic rings. The van der Waals surface area contributed by atoms with Crippen LogP contribution >= 0.6 is 0 Å². The summed E-state index contributed by atoms with van der Waals surface area (Å²) in [7, 11) is 0. The third-order valence-corrected chi connectivity index (χ3v) is 2.78. The Labute approximate surface area is 78.0 Å². The average molecular weight is 187 g/mol. The third kappa shape index (κ3) is 3.22. The van der Waals surface area contributed by atoms with Crippen LogP contribution in [0, 0.1) is 5.92 Å². The number of amides is 1. The maximum absolute atomic E-state index is 10.3. The highest BCUT2D eigenvalue weighted by molar-refractivity contribution is 5.64. The third-order valence-electron chi connectivity index (χ3n) is 2.78. The first-order chi connectivity index (χ1) is 6.09. The molecule has 1 aliphatic rings. The fraction of sp³-hybridized carbons (Fsp3) is 0.889. The van der Waals surface area contributed by atoms with E-state index < -0.39 is 6.09 Å². The molecule has 13 heavy (non-hydrogen) atoms. The zero-order valence-electron chi connectivity index (χ0n) is 7.86. The SMILES string of the molecule is CC(O)[C@H]1CC[C@@H](NC(=O)O)CC1. The molecule has 1 atom stereocenters. The first kappa shape index (κ1) is 10.3. The van der Waals surface area contributed by atoms with Crippen LogP contribution in [-0.2, 0) is 0 Å². The van der Waals surface area contributed by atoms with Gasteiger partial charge in [0.15, 0.2) is 0 Å². The lowest BCUT2D eigenvalue weighted by molar-refractivity contribution is 0.0931. The molecule has 1 amide bonds. The lowest BCUT2D eigenvalue weighted by Gasteiger charge is -2.29. The summed E-state index contributed by atoms with van der Waals surface area (Å²) in [5.41, 5.74) is 0. The first-order valence-electron chi connectivity index (χ1n) is 4.77. The summed E-state index contributed by atoms with van der Waals surface area (Å²) in [4.78, 5) is 10.3. The molecule has 4 heteroatoms. The summed E-state index contributed by atoms with van der Waals surface area (Å²) in [6.07, 6.45) is 2.33. The minimum absolute atomic E-state index is 0.0903. The topological polar surface area (TPSA) is 69.6 Å². The molecule has 1 unspecified atom stereocenters. The van der Waals surface area contributed by atoms with E-state index in [0.717, 1.165) is 25.7 Å². The smallest absolute Gasteiger partial charge is 0.404 e. The highest BCUT2D eigenvalue weighted by atomic mass is 16.4. The maximum Gasteiger partial charge on any atom is 0.404 e. The quantitative estimate of drug-likeness (QED) is 0.608. The molecule has 1 fully saturated rings. The summed E-state index contributed by atoms with van der Waals surface area (Å²) in [6.45, 7) is 1.80. The predicted molar refractivity (Wildman–Crippen MR) is 48.6 cm³/mol. The molecule has 76 valence electrons.